The highest BCUT2D eigenvalue weighted by molar-refractivity contribution is 4.84. The van der Waals surface area contributed by atoms with Crippen molar-refractivity contribution in [3.8, 4) is 0 Å². The lowest BCUT2D eigenvalue weighted by Gasteiger charge is -2.31. The fourth-order valence-corrected chi connectivity index (χ4v) is 8.54. The van der Waals surface area contributed by atoms with Crippen molar-refractivity contribution in [1.82, 2.24) is 9.80 Å². The van der Waals surface area contributed by atoms with Crippen LogP contribution in [0.15, 0.2) is 0 Å². The van der Waals surface area contributed by atoms with E-state index in [0.717, 1.165) is 64.5 Å². The molecule has 12 nitrogen and oxygen atoms in total. The number of hydrogen-bond acceptors (Lipinski definition) is 12. The molecule has 0 aliphatic rings. The largest absolute Gasteiger partial charge is 0.394 e. The van der Waals surface area contributed by atoms with Crippen LogP contribution in [0.4, 0.5) is 0 Å². The van der Waals surface area contributed by atoms with Crippen molar-refractivity contribution in [2.45, 2.75) is 268 Å². The van der Waals surface area contributed by atoms with Crippen molar-refractivity contribution in [2.24, 2.45) is 0 Å². The fraction of sp³-hybridized carbons (Fsp3) is 1.00. The van der Waals surface area contributed by atoms with E-state index in [9.17, 15) is 51.1 Å². The Hall–Kier alpha value is -0.480. The SMILES string of the molecule is CCCCCCCCCCCCCCCCN(CCCCCCN(CCCCCCCCCCCCCCCC)C[C@H](O)[C@@H](O)[C@H](O)[C@H](O)CO)C[C@H](O)[C@@H](O)[C@H](O)[C@H](O)CO. The Bertz CT molecular complexity index is 840. The second-order valence-corrected chi connectivity index (χ2v) is 18.8. The maximum Gasteiger partial charge on any atom is 0.111 e. The predicted molar refractivity (Wildman–Crippen MR) is 254 cm³/mol. The predicted octanol–water partition coefficient (Wildman–Crippen LogP) is 6.99. The Balaban J connectivity index is 4.85. The minimum atomic E-state index is -1.65. The third-order valence-corrected chi connectivity index (χ3v) is 12.9. The molecule has 0 rings (SSSR count). The van der Waals surface area contributed by atoms with Gasteiger partial charge in [-0.2, -0.15) is 0 Å². The molecule has 10 N–H and O–H groups in total. The summed E-state index contributed by atoms with van der Waals surface area (Å²) in [5.74, 6) is 0. The molecule has 0 aromatic heterocycles. The summed E-state index contributed by atoms with van der Waals surface area (Å²) in [6.45, 7) is 6.32. The second-order valence-electron chi connectivity index (χ2n) is 18.8. The van der Waals surface area contributed by atoms with Crippen molar-refractivity contribution >= 4 is 0 Å². The van der Waals surface area contributed by atoms with Gasteiger partial charge in [-0.15, -0.1) is 0 Å². The summed E-state index contributed by atoms with van der Waals surface area (Å²) < 4.78 is 0. The van der Waals surface area contributed by atoms with Gasteiger partial charge in [-0.25, -0.2) is 0 Å². The van der Waals surface area contributed by atoms with Crippen LogP contribution >= 0.6 is 0 Å². The Morgan fingerprint density at radius 3 is 0.629 bits per heavy atom. The van der Waals surface area contributed by atoms with E-state index in [1.54, 1.807) is 0 Å². The van der Waals surface area contributed by atoms with Gasteiger partial charge in [0.25, 0.3) is 0 Å². The Morgan fingerprint density at radius 2 is 0.435 bits per heavy atom. The molecule has 0 aromatic carbocycles. The molecule has 12 heteroatoms. The van der Waals surface area contributed by atoms with Crippen LogP contribution in [0.25, 0.3) is 0 Å². The van der Waals surface area contributed by atoms with Crippen molar-refractivity contribution in [1.29, 1.82) is 0 Å². The van der Waals surface area contributed by atoms with Gasteiger partial charge in [0.2, 0.25) is 0 Å². The van der Waals surface area contributed by atoms with Crippen molar-refractivity contribution in [3.05, 3.63) is 0 Å². The van der Waals surface area contributed by atoms with Gasteiger partial charge < -0.3 is 60.9 Å². The van der Waals surface area contributed by atoms with Crippen LogP contribution in [0.2, 0.25) is 0 Å². The third kappa shape index (κ3) is 34.8. The molecule has 0 spiro atoms. The molecule has 0 unspecified atom stereocenters. The Labute approximate surface area is 380 Å². The lowest BCUT2D eigenvalue weighted by molar-refractivity contribution is -0.119. The lowest BCUT2D eigenvalue weighted by atomic mass is 10.0. The highest BCUT2D eigenvalue weighted by Crippen LogP contribution is 2.17. The molecule has 0 heterocycles. The third-order valence-electron chi connectivity index (χ3n) is 12.9. The molecular weight excluding hydrogens is 789 g/mol. The van der Waals surface area contributed by atoms with E-state index in [1.807, 2.05) is 0 Å². The summed E-state index contributed by atoms with van der Waals surface area (Å²) >= 11 is 0. The summed E-state index contributed by atoms with van der Waals surface area (Å²) in [5.41, 5.74) is 0. The zero-order valence-corrected chi connectivity index (χ0v) is 40.3. The average molecular weight is 893 g/mol. The quantitative estimate of drug-likeness (QED) is 0.0281. The van der Waals surface area contributed by atoms with Crippen molar-refractivity contribution < 1.29 is 51.1 Å². The zero-order chi connectivity index (χ0) is 46.1. The standard InChI is InChI=1S/C50H104N2O10/c1-3-5-7-9-11-13-15-17-19-21-23-25-27-31-35-51(39-43(55)47(59)49(61)45(57)41-53)37-33-29-30-34-38-52(40-44(56)48(60)50(62)46(58)42-54)36-32-28-26-24-22-20-18-16-14-12-10-8-6-4-2/h43-50,53-62H,3-42H2,1-2H3/t43-,44-,45+,46+,47+,48+,49+,50+/m0/s1. The summed E-state index contributed by atoms with van der Waals surface area (Å²) in [6, 6.07) is 0. The highest BCUT2D eigenvalue weighted by Gasteiger charge is 2.32. The van der Waals surface area contributed by atoms with Gasteiger partial charge in [0.1, 0.15) is 36.6 Å². The summed E-state index contributed by atoms with van der Waals surface area (Å²) in [6.07, 6.45) is 27.1. The molecule has 8 atom stereocenters. The summed E-state index contributed by atoms with van der Waals surface area (Å²) in [7, 11) is 0. The van der Waals surface area contributed by atoms with Crippen LogP contribution in [-0.2, 0) is 0 Å². The van der Waals surface area contributed by atoms with Crippen LogP contribution in [0.3, 0.4) is 0 Å². The molecular formula is C50H104N2O10. The maximum atomic E-state index is 10.8. The molecule has 0 fully saturated rings. The zero-order valence-electron chi connectivity index (χ0n) is 40.3. The number of aliphatic hydroxyl groups is 10. The minimum Gasteiger partial charge on any atom is -0.394 e. The van der Waals surface area contributed by atoms with Crippen LogP contribution in [0, 0.1) is 0 Å². The lowest BCUT2D eigenvalue weighted by Crippen LogP contribution is -2.50. The van der Waals surface area contributed by atoms with Gasteiger partial charge in [0, 0.05) is 13.1 Å². The van der Waals surface area contributed by atoms with E-state index in [1.165, 1.54) is 154 Å². The molecule has 0 aliphatic carbocycles. The van der Waals surface area contributed by atoms with E-state index in [4.69, 9.17) is 0 Å². The van der Waals surface area contributed by atoms with E-state index in [2.05, 4.69) is 23.6 Å². The van der Waals surface area contributed by atoms with Crippen LogP contribution in [0.5, 0.6) is 0 Å². The number of unbranched alkanes of at least 4 members (excludes halogenated alkanes) is 29. The first-order valence-corrected chi connectivity index (χ1v) is 26.1. The number of aliphatic hydroxyl groups excluding tert-OH is 10. The van der Waals surface area contributed by atoms with Gasteiger partial charge in [-0.05, 0) is 51.9 Å². The molecule has 0 radical (unpaired) electrons. The van der Waals surface area contributed by atoms with Gasteiger partial charge in [-0.1, -0.05) is 194 Å². The average Bonchev–Trinajstić information content (AvgIpc) is 3.28. The topological polar surface area (TPSA) is 209 Å². The molecule has 0 amide bonds. The van der Waals surface area contributed by atoms with Gasteiger partial charge in [0.15, 0.2) is 0 Å². The molecule has 0 saturated carbocycles. The van der Waals surface area contributed by atoms with Gasteiger partial charge in [-0.3, -0.25) is 0 Å². The number of nitrogens with zero attached hydrogens (tertiary/aromatic N) is 2. The fourth-order valence-electron chi connectivity index (χ4n) is 8.54. The van der Waals surface area contributed by atoms with Crippen LogP contribution < -0.4 is 0 Å². The summed E-state index contributed by atoms with van der Waals surface area (Å²) in [5, 5.41) is 101. The van der Waals surface area contributed by atoms with Gasteiger partial charge in [0.05, 0.1) is 25.4 Å². The van der Waals surface area contributed by atoms with E-state index in [-0.39, 0.29) is 13.1 Å². The first kappa shape index (κ1) is 61.5. The number of hydrogen-bond donors (Lipinski definition) is 10. The van der Waals surface area contributed by atoms with E-state index in [0.29, 0.717) is 13.1 Å². The monoisotopic (exact) mass is 893 g/mol. The normalized spacial score (nSPS) is 16.2. The minimum absolute atomic E-state index is 0.152. The van der Waals surface area contributed by atoms with Crippen molar-refractivity contribution in [3.63, 3.8) is 0 Å². The van der Waals surface area contributed by atoms with Crippen molar-refractivity contribution in [2.75, 3.05) is 52.5 Å². The molecule has 0 aliphatic heterocycles. The molecule has 0 saturated heterocycles. The second kappa shape index (κ2) is 44.4. The Morgan fingerprint density at radius 1 is 0.258 bits per heavy atom. The van der Waals surface area contributed by atoms with E-state index >= 15 is 0 Å². The molecule has 0 aromatic rings. The first-order chi connectivity index (χ1) is 30.0. The molecule has 0 bridgehead atoms. The smallest absolute Gasteiger partial charge is 0.111 e. The number of rotatable bonds is 49. The van der Waals surface area contributed by atoms with Crippen LogP contribution in [-0.4, -0.2) is 162 Å². The first-order valence-electron chi connectivity index (χ1n) is 26.1. The Kier molecular flexibility index (Phi) is 44.0. The van der Waals surface area contributed by atoms with E-state index < -0.39 is 62.0 Å². The summed E-state index contributed by atoms with van der Waals surface area (Å²) in [4.78, 5) is 4.25. The molecule has 374 valence electrons. The van der Waals surface area contributed by atoms with Gasteiger partial charge >= 0.3 is 0 Å². The molecule has 62 heavy (non-hydrogen) atoms. The van der Waals surface area contributed by atoms with Crippen LogP contribution in [0.1, 0.15) is 219 Å². The highest BCUT2D eigenvalue weighted by atomic mass is 16.4. The maximum absolute atomic E-state index is 10.8.